The van der Waals surface area contributed by atoms with Crippen molar-refractivity contribution in [2.45, 2.75) is 26.1 Å². The van der Waals surface area contributed by atoms with Crippen LogP contribution in [0.5, 0.6) is 0 Å². The molecule has 1 aliphatic rings. The van der Waals surface area contributed by atoms with E-state index in [1.807, 2.05) is 26.1 Å². The minimum atomic E-state index is 0.261. The lowest BCUT2D eigenvalue weighted by Gasteiger charge is -2.34. The topological polar surface area (TPSA) is 36.3 Å². The average Bonchev–Trinajstić information content (AvgIpc) is 1.99. The molecule has 1 aliphatic heterocycles. The van der Waals surface area contributed by atoms with Crippen molar-refractivity contribution in [2.24, 2.45) is 0 Å². The summed E-state index contributed by atoms with van der Waals surface area (Å²) >= 11 is 0. The molecular formula is C9H14N2O. The summed E-state index contributed by atoms with van der Waals surface area (Å²) < 4.78 is 5.54. The first-order valence-corrected chi connectivity index (χ1v) is 4.18. The maximum Gasteiger partial charge on any atom is 0.0927 e. The SMILES string of the molecule is CC1CN(/C=C/C#N)CC(C)O1. The van der Waals surface area contributed by atoms with E-state index in [2.05, 4.69) is 4.90 Å². The summed E-state index contributed by atoms with van der Waals surface area (Å²) in [6, 6.07) is 1.98. The van der Waals surface area contributed by atoms with Crippen LogP contribution in [0.25, 0.3) is 0 Å². The molecule has 66 valence electrons. The highest BCUT2D eigenvalue weighted by atomic mass is 16.5. The Morgan fingerprint density at radius 3 is 2.50 bits per heavy atom. The van der Waals surface area contributed by atoms with Crippen LogP contribution in [0.3, 0.4) is 0 Å². The highest BCUT2D eigenvalue weighted by molar-refractivity contribution is 5.02. The third-order valence-electron chi connectivity index (χ3n) is 1.81. The van der Waals surface area contributed by atoms with Gasteiger partial charge >= 0.3 is 0 Å². The zero-order valence-corrected chi connectivity index (χ0v) is 7.53. The van der Waals surface area contributed by atoms with Gasteiger partial charge in [0.15, 0.2) is 0 Å². The Labute approximate surface area is 73.2 Å². The molecule has 0 saturated carbocycles. The molecule has 2 atom stereocenters. The highest BCUT2D eigenvalue weighted by Gasteiger charge is 2.19. The molecule has 1 rings (SSSR count). The first-order valence-electron chi connectivity index (χ1n) is 4.18. The molecule has 3 nitrogen and oxygen atoms in total. The van der Waals surface area contributed by atoms with Gasteiger partial charge in [-0.1, -0.05) is 0 Å². The molecule has 1 fully saturated rings. The van der Waals surface area contributed by atoms with Crippen molar-refractivity contribution in [1.29, 1.82) is 5.26 Å². The summed E-state index contributed by atoms with van der Waals surface area (Å²) in [4.78, 5) is 2.11. The predicted molar refractivity (Wildman–Crippen MR) is 46.3 cm³/mol. The largest absolute Gasteiger partial charge is 0.372 e. The van der Waals surface area contributed by atoms with E-state index in [1.54, 1.807) is 0 Å². The number of nitriles is 1. The minimum Gasteiger partial charge on any atom is -0.372 e. The van der Waals surface area contributed by atoms with Crippen LogP contribution in [-0.4, -0.2) is 30.2 Å². The smallest absolute Gasteiger partial charge is 0.0927 e. The molecule has 3 heteroatoms. The van der Waals surface area contributed by atoms with E-state index in [-0.39, 0.29) is 12.2 Å². The van der Waals surface area contributed by atoms with E-state index < -0.39 is 0 Å². The molecule has 0 radical (unpaired) electrons. The summed E-state index contributed by atoms with van der Waals surface area (Å²) in [5.41, 5.74) is 0. The third-order valence-corrected chi connectivity index (χ3v) is 1.81. The molecule has 0 bridgehead atoms. The van der Waals surface area contributed by atoms with Crippen LogP contribution in [0.4, 0.5) is 0 Å². The van der Waals surface area contributed by atoms with Crippen molar-refractivity contribution in [3.8, 4) is 6.07 Å². The fourth-order valence-electron chi connectivity index (χ4n) is 1.48. The van der Waals surface area contributed by atoms with E-state index in [9.17, 15) is 0 Å². The molecule has 0 aromatic heterocycles. The van der Waals surface area contributed by atoms with Gasteiger partial charge in [0.25, 0.3) is 0 Å². The maximum absolute atomic E-state index is 8.33. The van der Waals surface area contributed by atoms with Crippen molar-refractivity contribution in [3.05, 3.63) is 12.3 Å². The third kappa shape index (κ3) is 2.55. The van der Waals surface area contributed by atoms with Crippen molar-refractivity contribution < 1.29 is 4.74 Å². The van der Waals surface area contributed by atoms with Crippen LogP contribution >= 0.6 is 0 Å². The fraction of sp³-hybridized carbons (Fsp3) is 0.667. The maximum atomic E-state index is 8.33. The summed E-state index contributed by atoms with van der Waals surface area (Å²) in [6.45, 7) is 5.84. The molecule has 0 aromatic carbocycles. The van der Waals surface area contributed by atoms with Gasteiger partial charge in [-0.05, 0) is 13.8 Å². The molecule has 0 spiro atoms. The van der Waals surface area contributed by atoms with E-state index in [1.165, 1.54) is 6.08 Å². The summed E-state index contributed by atoms with van der Waals surface area (Å²) in [7, 11) is 0. The average molecular weight is 166 g/mol. The van der Waals surface area contributed by atoms with Crippen molar-refractivity contribution >= 4 is 0 Å². The van der Waals surface area contributed by atoms with Gasteiger partial charge in [0.05, 0.1) is 18.3 Å². The Morgan fingerprint density at radius 2 is 2.00 bits per heavy atom. The van der Waals surface area contributed by atoms with Crippen LogP contribution in [-0.2, 0) is 4.74 Å². The number of morpholine rings is 1. The summed E-state index contributed by atoms with van der Waals surface area (Å²) in [5.74, 6) is 0. The Morgan fingerprint density at radius 1 is 1.42 bits per heavy atom. The molecule has 0 N–H and O–H groups in total. The van der Waals surface area contributed by atoms with Crippen LogP contribution in [0.2, 0.25) is 0 Å². The number of rotatable bonds is 1. The first kappa shape index (κ1) is 9.08. The lowest BCUT2D eigenvalue weighted by Crippen LogP contribution is -2.42. The van der Waals surface area contributed by atoms with Crippen LogP contribution in [0.1, 0.15) is 13.8 Å². The van der Waals surface area contributed by atoms with Crippen molar-refractivity contribution in [1.82, 2.24) is 4.90 Å². The Hall–Kier alpha value is -1.01. The summed E-state index contributed by atoms with van der Waals surface area (Å²) in [5, 5.41) is 8.33. The molecular weight excluding hydrogens is 152 g/mol. The zero-order chi connectivity index (χ0) is 8.97. The minimum absolute atomic E-state index is 0.261. The monoisotopic (exact) mass is 166 g/mol. The van der Waals surface area contributed by atoms with Crippen molar-refractivity contribution in [3.63, 3.8) is 0 Å². The molecule has 1 heterocycles. The number of ether oxygens (including phenoxy) is 1. The Kier molecular flexibility index (Phi) is 3.12. The van der Waals surface area contributed by atoms with Gasteiger partial charge in [0.2, 0.25) is 0 Å². The van der Waals surface area contributed by atoms with Gasteiger partial charge in [-0.15, -0.1) is 0 Å². The van der Waals surface area contributed by atoms with Crippen LogP contribution in [0, 0.1) is 11.3 Å². The van der Waals surface area contributed by atoms with Crippen LogP contribution in [0.15, 0.2) is 12.3 Å². The lowest BCUT2D eigenvalue weighted by molar-refractivity contribution is -0.0540. The van der Waals surface area contributed by atoms with Gasteiger partial charge in [0.1, 0.15) is 0 Å². The molecule has 0 amide bonds. The number of hydrogen-bond acceptors (Lipinski definition) is 3. The Balaban J connectivity index is 2.45. The van der Waals surface area contributed by atoms with Gasteiger partial charge in [-0.25, -0.2) is 0 Å². The standard InChI is InChI=1S/C9H14N2O/c1-8-6-11(5-3-4-10)7-9(2)12-8/h3,5,8-9H,6-7H2,1-2H3/b5-3+. The second kappa shape index (κ2) is 4.13. The second-order valence-electron chi connectivity index (χ2n) is 3.16. The number of allylic oxidation sites excluding steroid dienone is 1. The lowest BCUT2D eigenvalue weighted by atomic mass is 10.2. The summed E-state index contributed by atoms with van der Waals surface area (Å²) in [6.07, 6.45) is 3.86. The highest BCUT2D eigenvalue weighted by Crippen LogP contribution is 2.10. The molecule has 12 heavy (non-hydrogen) atoms. The molecule has 0 aromatic rings. The predicted octanol–water partition coefficient (Wildman–Crippen LogP) is 1.13. The fourth-order valence-corrected chi connectivity index (χ4v) is 1.48. The molecule has 2 unspecified atom stereocenters. The van der Waals surface area contributed by atoms with Crippen molar-refractivity contribution in [2.75, 3.05) is 13.1 Å². The van der Waals surface area contributed by atoms with E-state index in [0.29, 0.717) is 0 Å². The van der Waals surface area contributed by atoms with E-state index >= 15 is 0 Å². The first-order chi connectivity index (χ1) is 5.72. The quantitative estimate of drug-likeness (QED) is 0.548. The van der Waals surface area contributed by atoms with E-state index in [4.69, 9.17) is 10.00 Å². The zero-order valence-electron chi connectivity index (χ0n) is 7.53. The molecule has 1 saturated heterocycles. The normalized spacial score (nSPS) is 30.6. The van der Waals surface area contributed by atoms with Gasteiger partial charge < -0.3 is 9.64 Å². The number of nitrogens with zero attached hydrogens (tertiary/aromatic N) is 2. The van der Waals surface area contributed by atoms with Gasteiger partial charge in [-0.2, -0.15) is 5.26 Å². The second-order valence-corrected chi connectivity index (χ2v) is 3.16. The molecule has 0 aliphatic carbocycles. The van der Waals surface area contributed by atoms with E-state index in [0.717, 1.165) is 13.1 Å². The number of hydrogen-bond donors (Lipinski definition) is 0. The van der Waals surface area contributed by atoms with Gasteiger partial charge in [-0.3, -0.25) is 0 Å². The Bertz CT molecular complexity index is 197. The van der Waals surface area contributed by atoms with Crippen LogP contribution < -0.4 is 0 Å². The van der Waals surface area contributed by atoms with Gasteiger partial charge in [0, 0.05) is 25.4 Å².